The maximum absolute atomic E-state index is 11.7. The van der Waals surface area contributed by atoms with E-state index in [4.69, 9.17) is 4.52 Å². The lowest BCUT2D eigenvalue weighted by Crippen LogP contribution is -2.25. The molecule has 2 aromatic rings. The van der Waals surface area contributed by atoms with Crippen molar-refractivity contribution in [2.24, 2.45) is 0 Å². The van der Waals surface area contributed by atoms with Crippen LogP contribution in [0.25, 0.3) is 0 Å². The predicted octanol–water partition coefficient (Wildman–Crippen LogP) is 2.55. The molecule has 1 N–H and O–H groups in total. The van der Waals surface area contributed by atoms with Gasteiger partial charge in [-0.3, -0.25) is 4.79 Å². The third-order valence-corrected chi connectivity index (χ3v) is 3.67. The molecule has 5 nitrogen and oxygen atoms in total. The monoisotopic (exact) mass is 341 g/mol. The first-order valence-corrected chi connectivity index (χ1v) is 7.35. The Bertz CT molecular complexity index is 574. The fourth-order valence-electron chi connectivity index (χ4n) is 1.35. The summed E-state index contributed by atoms with van der Waals surface area (Å²) >= 11 is 4.87. The lowest BCUT2D eigenvalue weighted by atomic mass is 10.4. The molecule has 0 unspecified atom stereocenters. The van der Waals surface area contributed by atoms with Gasteiger partial charge in [-0.15, -0.1) is 11.8 Å². The fourth-order valence-corrected chi connectivity index (χ4v) is 2.68. The highest BCUT2D eigenvalue weighted by Crippen LogP contribution is 2.21. The maximum atomic E-state index is 11.7. The van der Waals surface area contributed by atoms with E-state index in [1.54, 1.807) is 6.92 Å². The van der Waals surface area contributed by atoms with Gasteiger partial charge in [-0.2, -0.15) is 4.98 Å². The Kier molecular flexibility index (Phi) is 4.98. The van der Waals surface area contributed by atoms with Gasteiger partial charge in [-0.25, -0.2) is 0 Å². The van der Waals surface area contributed by atoms with Crippen LogP contribution in [0.1, 0.15) is 11.7 Å². The molecule has 0 saturated heterocycles. The Morgan fingerprint density at radius 3 is 3.05 bits per heavy atom. The minimum Gasteiger partial charge on any atom is -0.348 e. The lowest BCUT2D eigenvalue weighted by molar-refractivity contribution is -0.118. The van der Waals surface area contributed by atoms with Crippen molar-refractivity contribution >= 4 is 33.6 Å². The second kappa shape index (κ2) is 6.72. The van der Waals surface area contributed by atoms with Gasteiger partial charge in [0.2, 0.25) is 11.8 Å². The summed E-state index contributed by atoms with van der Waals surface area (Å²) in [5, 5.41) is 6.44. The molecule has 0 spiro atoms. The zero-order chi connectivity index (χ0) is 13.7. The van der Waals surface area contributed by atoms with Crippen molar-refractivity contribution < 1.29 is 9.32 Å². The zero-order valence-corrected chi connectivity index (χ0v) is 12.6. The second-order valence-corrected chi connectivity index (χ2v) is 5.72. The van der Waals surface area contributed by atoms with Crippen molar-refractivity contribution in [2.75, 3.05) is 5.75 Å². The Labute approximate surface area is 123 Å². The van der Waals surface area contributed by atoms with E-state index < -0.39 is 0 Å². The minimum absolute atomic E-state index is 0.0626. The molecule has 2 rings (SSSR count). The summed E-state index contributed by atoms with van der Waals surface area (Å²) in [5.74, 6) is 1.27. The largest absolute Gasteiger partial charge is 0.348 e. The summed E-state index contributed by atoms with van der Waals surface area (Å²) in [6.45, 7) is 2.00. The molecule has 0 saturated carbocycles. The highest BCUT2D eigenvalue weighted by Gasteiger charge is 2.06. The van der Waals surface area contributed by atoms with Gasteiger partial charge in [0.25, 0.3) is 0 Å². The Balaban J connectivity index is 1.75. The quantitative estimate of drug-likeness (QED) is 0.846. The molecule has 1 heterocycles. The van der Waals surface area contributed by atoms with Crippen LogP contribution in [0, 0.1) is 6.92 Å². The van der Waals surface area contributed by atoms with E-state index in [-0.39, 0.29) is 12.5 Å². The molecule has 1 amide bonds. The highest BCUT2D eigenvalue weighted by atomic mass is 79.9. The van der Waals surface area contributed by atoms with Gasteiger partial charge in [0, 0.05) is 16.3 Å². The van der Waals surface area contributed by atoms with Gasteiger partial charge in [0.15, 0.2) is 5.82 Å². The lowest BCUT2D eigenvalue weighted by Gasteiger charge is -2.03. The van der Waals surface area contributed by atoms with E-state index in [0.717, 1.165) is 9.37 Å². The average Bonchev–Trinajstić information content (AvgIpc) is 2.80. The normalized spacial score (nSPS) is 10.4. The van der Waals surface area contributed by atoms with Crippen LogP contribution in [0.15, 0.2) is 38.2 Å². The van der Waals surface area contributed by atoms with Crippen molar-refractivity contribution in [1.82, 2.24) is 15.5 Å². The number of benzene rings is 1. The molecule has 1 aromatic heterocycles. The third-order valence-electron chi connectivity index (χ3n) is 2.18. The van der Waals surface area contributed by atoms with E-state index in [1.165, 1.54) is 11.8 Å². The number of nitrogens with zero attached hydrogens (tertiary/aromatic N) is 2. The molecule has 19 heavy (non-hydrogen) atoms. The van der Waals surface area contributed by atoms with E-state index in [0.29, 0.717) is 17.5 Å². The number of amides is 1. The van der Waals surface area contributed by atoms with Crippen LogP contribution in [-0.4, -0.2) is 21.8 Å². The first-order valence-electron chi connectivity index (χ1n) is 5.58. The van der Waals surface area contributed by atoms with E-state index >= 15 is 0 Å². The van der Waals surface area contributed by atoms with Crippen LogP contribution >= 0.6 is 27.7 Å². The van der Waals surface area contributed by atoms with Crippen molar-refractivity contribution in [3.8, 4) is 0 Å². The number of thioether (sulfide) groups is 1. The van der Waals surface area contributed by atoms with Crippen LogP contribution in [0.3, 0.4) is 0 Å². The van der Waals surface area contributed by atoms with Crippen molar-refractivity contribution in [3.63, 3.8) is 0 Å². The molecular formula is C12H12BrN3O2S. The summed E-state index contributed by atoms with van der Waals surface area (Å²) in [5.41, 5.74) is 0. The number of carbonyl (C=O) groups excluding carboxylic acids is 1. The molecule has 7 heteroatoms. The SMILES string of the molecule is Cc1nc(CNC(=O)CSc2cccc(Br)c2)no1. The molecule has 0 atom stereocenters. The van der Waals surface area contributed by atoms with Crippen LogP contribution in [0.2, 0.25) is 0 Å². The van der Waals surface area contributed by atoms with Crippen LogP contribution in [-0.2, 0) is 11.3 Å². The van der Waals surface area contributed by atoms with Gasteiger partial charge in [-0.05, 0) is 18.2 Å². The van der Waals surface area contributed by atoms with Crippen molar-refractivity contribution in [3.05, 3.63) is 40.5 Å². The van der Waals surface area contributed by atoms with Crippen LogP contribution < -0.4 is 5.32 Å². The molecule has 1 aromatic carbocycles. The second-order valence-electron chi connectivity index (χ2n) is 3.75. The van der Waals surface area contributed by atoms with E-state index in [2.05, 4.69) is 31.4 Å². The smallest absolute Gasteiger partial charge is 0.230 e. The first-order chi connectivity index (χ1) is 9.13. The van der Waals surface area contributed by atoms with Gasteiger partial charge < -0.3 is 9.84 Å². The number of hydrogen-bond acceptors (Lipinski definition) is 5. The summed E-state index contributed by atoms with van der Waals surface area (Å²) in [6, 6.07) is 7.82. The van der Waals surface area contributed by atoms with Crippen molar-refractivity contribution in [1.29, 1.82) is 0 Å². The molecule has 0 aliphatic rings. The number of hydrogen-bond donors (Lipinski definition) is 1. The average molecular weight is 342 g/mol. The Morgan fingerprint density at radius 2 is 2.37 bits per heavy atom. The standard InChI is InChI=1S/C12H12BrN3O2S/c1-8-15-11(16-18-8)6-14-12(17)7-19-10-4-2-3-9(13)5-10/h2-5H,6-7H2,1H3,(H,14,17). The Hall–Kier alpha value is -1.34. The summed E-state index contributed by atoms with van der Waals surface area (Å²) in [7, 11) is 0. The number of aromatic nitrogens is 2. The van der Waals surface area contributed by atoms with Gasteiger partial charge in [-0.1, -0.05) is 27.2 Å². The number of rotatable bonds is 5. The zero-order valence-electron chi connectivity index (χ0n) is 10.2. The van der Waals surface area contributed by atoms with E-state index in [1.807, 2.05) is 24.3 Å². The summed E-state index contributed by atoms with van der Waals surface area (Å²) in [6.07, 6.45) is 0. The molecular weight excluding hydrogens is 330 g/mol. The molecule has 0 radical (unpaired) electrons. The van der Waals surface area contributed by atoms with Gasteiger partial charge in [0.05, 0.1) is 12.3 Å². The topological polar surface area (TPSA) is 68.0 Å². The van der Waals surface area contributed by atoms with Gasteiger partial charge >= 0.3 is 0 Å². The van der Waals surface area contributed by atoms with Gasteiger partial charge in [0.1, 0.15) is 0 Å². The molecule has 0 aliphatic heterocycles. The molecule has 0 bridgehead atoms. The van der Waals surface area contributed by atoms with Crippen molar-refractivity contribution in [2.45, 2.75) is 18.4 Å². The number of carbonyl (C=O) groups is 1. The summed E-state index contributed by atoms with van der Waals surface area (Å²) < 4.78 is 5.82. The summed E-state index contributed by atoms with van der Waals surface area (Å²) in [4.78, 5) is 16.7. The third kappa shape index (κ3) is 4.68. The maximum Gasteiger partial charge on any atom is 0.230 e. The number of halogens is 1. The fraction of sp³-hybridized carbons (Fsp3) is 0.250. The number of aryl methyl sites for hydroxylation is 1. The van der Waals surface area contributed by atoms with Crippen LogP contribution in [0.5, 0.6) is 0 Å². The number of nitrogens with one attached hydrogen (secondary N) is 1. The molecule has 100 valence electrons. The molecule has 0 aliphatic carbocycles. The molecule has 0 fully saturated rings. The first kappa shape index (κ1) is 14.1. The van der Waals surface area contributed by atoms with Crippen LogP contribution in [0.4, 0.5) is 0 Å². The minimum atomic E-state index is -0.0626. The highest BCUT2D eigenvalue weighted by molar-refractivity contribution is 9.10. The van der Waals surface area contributed by atoms with E-state index in [9.17, 15) is 4.79 Å². The Morgan fingerprint density at radius 1 is 1.53 bits per heavy atom. The predicted molar refractivity (Wildman–Crippen MR) is 75.7 cm³/mol.